The van der Waals surface area contributed by atoms with Crippen LogP contribution in [-0.4, -0.2) is 58.6 Å². The first-order valence-corrected chi connectivity index (χ1v) is 13.5. The van der Waals surface area contributed by atoms with Crippen LogP contribution in [0.5, 0.6) is 5.75 Å². The number of fused-ring (bicyclic) bond motifs is 1. The fourth-order valence-corrected chi connectivity index (χ4v) is 6.15. The third-order valence-electron chi connectivity index (χ3n) is 7.10. The van der Waals surface area contributed by atoms with Crippen molar-refractivity contribution in [3.63, 3.8) is 0 Å². The highest BCUT2D eigenvalue weighted by Gasteiger charge is 2.31. The number of pyridine rings is 1. The van der Waals surface area contributed by atoms with E-state index in [0.717, 1.165) is 36.4 Å². The van der Waals surface area contributed by atoms with E-state index in [0.29, 0.717) is 36.0 Å². The van der Waals surface area contributed by atoms with Crippen LogP contribution in [0.4, 0.5) is 8.78 Å². The second-order valence-electron chi connectivity index (χ2n) is 9.51. The molecule has 0 amide bonds. The first-order valence-electron chi connectivity index (χ1n) is 12.5. The molecule has 2 heterocycles. The molecule has 4 rings (SSSR count). The fraction of sp³-hybridized carbons (Fsp3) is 0.429. The molecule has 37 heavy (non-hydrogen) atoms. The SMILES string of the molecule is COc1ccc2ncc(F)c([C@H](O)CCC3CCN(CCSc4cccc(F)c4)CC3CC(=O)O)c2c1. The Balaban J connectivity index is 1.37. The van der Waals surface area contributed by atoms with Gasteiger partial charge in [-0.3, -0.25) is 9.78 Å². The lowest BCUT2D eigenvalue weighted by molar-refractivity contribution is -0.139. The Hall–Kier alpha value is -2.75. The number of rotatable bonds is 11. The van der Waals surface area contributed by atoms with E-state index < -0.39 is 17.9 Å². The van der Waals surface area contributed by atoms with Crippen molar-refractivity contribution in [2.45, 2.75) is 36.7 Å². The number of carbonyl (C=O) groups is 1. The molecule has 3 atom stereocenters. The predicted octanol–water partition coefficient (Wildman–Crippen LogP) is 5.54. The Labute approximate surface area is 219 Å². The number of aromatic nitrogens is 1. The molecule has 9 heteroatoms. The zero-order chi connectivity index (χ0) is 26.4. The lowest BCUT2D eigenvalue weighted by Crippen LogP contribution is -2.42. The minimum absolute atomic E-state index is 0.0536. The van der Waals surface area contributed by atoms with Gasteiger partial charge < -0.3 is 19.8 Å². The number of thioether (sulfide) groups is 1. The Morgan fingerprint density at radius 3 is 2.84 bits per heavy atom. The molecule has 198 valence electrons. The molecule has 6 nitrogen and oxygen atoms in total. The maximum Gasteiger partial charge on any atom is 0.303 e. The van der Waals surface area contributed by atoms with Gasteiger partial charge in [-0.15, -0.1) is 11.8 Å². The van der Waals surface area contributed by atoms with Gasteiger partial charge >= 0.3 is 5.97 Å². The van der Waals surface area contributed by atoms with Crippen LogP contribution in [0.25, 0.3) is 10.9 Å². The second-order valence-corrected chi connectivity index (χ2v) is 10.7. The third kappa shape index (κ3) is 7.18. The van der Waals surface area contributed by atoms with E-state index in [4.69, 9.17) is 4.74 Å². The molecule has 1 aromatic heterocycles. The van der Waals surface area contributed by atoms with Gasteiger partial charge in [0.1, 0.15) is 17.4 Å². The summed E-state index contributed by atoms with van der Waals surface area (Å²) in [5.41, 5.74) is 0.773. The minimum Gasteiger partial charge on any atom is -0.497 e. The largest absolute Gasteiger partial charge is 0.497 e. The van der Waals surface area contributed by atoms with Gasteiger partial charge in [0.25, 0.3) is 0 Å². The Morgan fingerprint density at radius 1 is 1.24 bits per heavy atom. The van der Waals surface area contributed by atoms with E-state index in [2.05, 4.69) is 9.88 Å². The molecule has 2 aromatic carbocycles. The van der Waals surface area contributed by atoms with E-state index >= 15 is 0 Å². The van der Waals surface area contributed by atoms with Crippen molar-refractivity contribution in [1.82, 2.24) is 9.88 Å². The smallest absolute Gasteiger partial charge is 0.303 e. The third-order valence-corrected chi connectivity index (χ3v) is 8.07. The lowest BCUT2D eigenvalue weighted by atomic mass is 9.79. The molecule has 1 saturated heterocycles. The summed E-state index contributed by atoms with van der Waals surface area (Å²) in [5, 5.41) is 21.0. The van der Waals surface area contributed by atoms with Gasteiger partial charge in [-0.25, -0.2) is 8.78 Å². The number of methoxy groups -OCH3 is 1. The van der Waals surface area contributed by atoms with Gasteiger partial charge in [0.05, 0.1) is 24.9 Å². The van der Waals surface area contributed by atoms with Crippen LogP contribution in [0.3, 0.4) is 0 Å². The molecule has 1 aliphatic rings. The number of benzene rings is 2. The Morgan fingerprint density at radius 2 is 2.08 bits per heavy atom. The van der Waals surface area contributed by atoms with E-state index in [1.54, 1.807) is 36.0 Å². The van der Waals surface area contributed by atoms with Gasteiger partial charge in [-0.05, 0) is 74.0 Å². The van der Waals surface area contributed by atoms with Crippen LogP contribution in [0.2, 0.25) is 0 Å². The van der Waals surface area contributed by atoms with Crippen LogP contribution >= 0.6 is 11.8 Å². The summed E-state index contributed by atoms with van der Waals surface area (Å²) in [6.45, 7) is 2.26. The van der Waals surface area contributed by atoms with Crippen LogP contribution in [-0.2, 0) is 4.79 Å². The Bertz CT molecular complexity index is 1230. The van der Waals surface area contributed by atoms with Crippen LogP contribution < -0.4 is 4.74 Å². The van der Waals surface area contributed by atoms with Crippen LogP contribution in [0.1, 0.15) is 37.4 Å². The first-order chi connectivity index (χ1) is 17.8. The first kappa shape index (κ1) is 27.3. The highest BCUT2D eigenvalue weighted by Crippen LogP contribution is 2.36. The predicted molar refractivity (Wildman–Crippen MR) is 140 cm³/mol. The standard InChI is InChI=1S/C28H32F2N2O4S/c1-36-21-6-7-25-23(15-21)28(24(30)16-31-25)26(33)8-5-18-9-10-32(17-19(18)13-27(34)35)11-12-37-22-4-2-3-20(29)14-22/h2-4,6-7,14-16,18-19,26,33H,5,8-13,17H2,1H3,(H,34,35)/t18?,19?,26-/m1/s1. The Kier molecular flexibility index (Phi) is 9.34. The monoisotopic (exact) mass is 530 g/mol. The summed E-state index contributed by atoms with van der Waals surface area (Å²) in [6.07, 6.45) is 1.87. The quantitative estimate of drug-likeness (QED) is 0.315. The average molecular weight is 531 g/mol. The fourth-order valence-electron chi connectivity index (χ4n) is 5.19. The number of aliphatic hydroxyl groups excluding tert-OH is 1. The molecule has 0 radical (unpaired) electrons. The maximum atomic E-state index is 14.8. The number of carboxylic acid groups (broad SMARTS) is 1. The molecule has 0 aliphatic carbocycles. The number of halogens is 2. The average Bonchev–Trinajstić information content (AvgIpc) is 2.87. The number of hydrogen-bond acceptors (Lipinski definition) is 6. The molecule has 2 unspecified atom stereocenters. The van der Waals surface area contributed by atoms with E-state index in [1.807, 2.05) is 6.07 Å². The number of hydrogen-bond donors (Lipinski definition) is 2. The van der Waals surface area contributed by atoms with Crippen molar-refractivity contribution >= 4 is 28.6 Å². The normalized spacial score (nSPS) is 19.1. The van der Waals surface area contributed by atoms with Crippen molar-refractivity contribution in [2.75, 3.05) is 32.5 Å². The molecular formula is C28H32F2N2O4S. The van der Waals surface area contributed by atoms with Gasteiger partial charge in [0.15, 0.2) is 0 Å². The molecule has 0 spiro atoms. The van der Waals surface area contributed by atoms with E-state index in [1.165, 1.54) is 19.2 Å². The zero-order valence-electron chi connectivity index (χ0n) is 20.8. The molecule has 1 fully saturated rings. The van der Waals surface area contributed by atoms with Crippen molar-refractivity contribution in [1.29, 1.82) is 0 Å². The van der Waals surface area contributed by atoms with Gasteiger partial charge in [-0.1, -0.05) is 6.07 Å². The molecule has 0 bridgehead atoms. The number of likely N-dealkylation sites (tertiary alicyclic amines) is 1. The highest BCUT2D eigenvalue weighted by molar-refractivity contribution is 7.99. The van der Waals surface area contributed by atoms with Crippen LogP contribution in [0.15, 0.2) is 53.6 Å². The van der Waals surface area contributed by atoms with Gasteiger partial charge in [0.2, 0.25) is 0 Å². The van der Waals surface area contributed by atoms with Crippen molar-refractivity contribution < 1.29 is 28.5 Å². The maximum absolute atomic E-state index is 14.8. The molecule has 0 saturated carbocycles. The number of nitrogens with zero attached hydrogens (tertiary/aromatic N) is 2. The number of aliphatic carboxylic acids is 1. The highest BCUT2D eigenvalue weighted by atomic mass is 32.2. The summed E-state index contributed by atoms with van der Waals surface area (Å²) in [4.78, 5) is 18.8. The topological polar surface area (TPSA) is 82.9 Å². The number of carboxylic acids is 1. The number of ether oxygens (including phenoxy) is 1. The van der Waals surface area contributed by atoms with Crippen molar-refractivity contribution in [3.8, 4) is 5.75 Å². The van der Waals surface area contributed by atoms with E-state index in [9.17, 15) is 23.8 Å². The minimum atomic E-state index is -1.04. The summed E-state index contributed by atoms with van der Waals surface area (Å²) in [6, 6.07) is 11.7. The van der Waals surface area contributed by atoms with Crippen molar-refractivity contribution in [2.24, 2.45) is 11.8 Å². The summed E-state index contributed by atoms with van der Waals surface area (Å²) < 4.78 is 33.4. The summed E-state index contributed by atoms with van der Waals surface area (Å²) >= 11 is 1.58. The zero-order valence-corrected chi connectivity index (χ0v) is 21.6. The van der Waals surface area contributed by atoms with E-state index in [-0.39, 0.29) is 29.6 Å². The summed E-state index contributed by atoms with van der Waals surface area (Å²) in [5.74, 6) is -0.276. The lowest BCUT2D eigenvalue weighted by Gasteiger charge is -2.38. The molecule has 1 aliphatic heterocycles. The molecular weight excluding hydrogens is 498 g/mol. The van der Waals surface area contributed by atoms with Gasteiger partial charge in [0, 0.05) is 41.1 Å². The van der Waals surface area contributed by atoms with Crippen LogP contribution in [0, 0.1) is 23.5 Å². The molecule has 3 aromatic rings. The number of aliphatic hydroxyl groups is 1. The molecule has 2 N–H and O–H groups in total. The van der Waals surface area contributed by atoms with Gasteiger partial charge in [-0.2, -0.15) is 0 Å². The number of piperidine rings is 1. The summed E-state index contributed by atoms with van der Waals surface area (Å²) in [7, 11) is 1.53. The van der Waals surface area contributed by atoms with Crippen molar-refractivity contribution in [3.05, 3.63) is 65.9 Å². The second kappa shape index (κ2) is 12.7.